The highest BCUT2D eigenvalue weighted by Gasteiger charge is 2.42. The van der Waals surface area contributed by atoms with Crippen molar-refractivity contribution in [2.45, 2.75) is 59.2 Å². The molecule has 0 aromatic rings. The highest BCUT2D eigenvalue weighted by Crippen LogP contribution is 2.39. The van der Waals surface area contributed by atoms with Gasteiger partial charge >= 0.3 is 5.97 Å². The van der Waals surface area contributed by atoms with Crippen molar-refractivity contribution in [3.8, 4) is 0 Å². The first-order valence-electron chi connectivity index (χ1n) is 6.56. The van der Waals surface area contributed by atoms with Crippen molar-refractivity contribution in [2.24, 2.45) is 11.8 Å². The Kier molecular flexibility index (Phi) is 6.17. The van der Waals surface area contributed by atoms with Crippen molar-refractivity contribution in [1.82, 2.24) is 0 Å². The van der Waals surface area contributed by atoms with Gasteiger partial charge in [0.1, 0.15) is 0 Å². The van der Waals surface area contributed by atoms with Crippen LogP contribution in [0.5, 0.6) is 0 Å². The van der Waals surface area contributed by atoms with Crippen LogP contribution in [0.2, 0.25) is 17.6 Å². The number of carbonyl (C=O) groups is 1. The summed E-state index contributed by atoms with van der Waals surface area (Å²) in [6, 6.07) is 2.07. The van der Waals surface area contributed by atoms with Gasteiger partial charge < -0.3 is 5.11 Å². The molecule has 1 N–H and O–H groups in total. The summed E-state index contributed by atoms with van der Waals surface area (Å²) in [5.41, 5.74) is 0.441. The molecule has 0 aromatic heterocycles. The standard InChI is InChI=1S/C14H28O2Si/c1-10(2)8-17(12(5)6,9-11(3)4)13(7)14(15)16/h10-12H,7-9H2,1-6H3,(H,15,16). The first kappa shape index (κ1) is 16.4. The van der Waals surface area contributed by atoms with Crippen LogP contribution in [-0.4, -0.2) is 19.1 Å². The zero-order valence-corrected chi connectivity index (χ0v) is 13.2. The Labute approximate surface area is 107 Å². The lowest BCUT2D eigenvalue weighted by Gasteiger charge is -2.38. The Bertz CT molecular complexity index is 270. The topological polar surface area (TPSA) is 37.3 Å². The van der Waals surface area contributed by atoms with Crippen LogP contribution >= 0.6 is 0 Å². The van der Waals surface area contributed by atoms with Crippen LogP contribution in [0.15, 0.2) is 11.8 Å². The second-order valence-electron chi connectivity index (χ2n) is 6.29. The molecule has 0 atom stereocenters. The minimum Gasteiger partial charge on any atom is -0.478 e. The van der Waals surface area contributed by atoms with E-state index < -0.39 is 14.0 Å². The summed E-state index contributed by atoms with van der Waals surface area (Å²) in [6.45, 7) is 17.0. The van der Waals surface area contributed by atoms with E-state index in [-0.39, 0.29) is 0 Å². The fraction of sp³-hybridized carbons (Fsp3) is 0.786. The van der Waals surface area contributed by atoms with Gasteiger partial charge in [-0.15, -0.1) is 0 Å². The summed E-state index contributed by atoms with van der Waals surface area (Å²) in [5, 5.41) is 9.85. The highest BCUT2D eigenvalue weighted by molar-refractivity contribution is 6.91. The zero-order valence-electron chi connectivity index (χ0n) is 12.2. The molecule has 0 rings (SSSR count). The minimum absolute atomic E-state index is 0.441. The summed E-state index contributed by atoms with van der Waals surface area (Å²) in [7, 11) is -1.96. The molecular weight excluding hydrogens is 228 g/mol. The molecule has 0 aliphatic rings. The van der Waals surface area contributed by atoms with Crippen LogP contribution in [0.3, 0.4) is 0 Å². The molecule has 0 aliphatic carbocycles. The van der Waals surface area contributed by atoms with E-state index in [2.05, 4.69) is 48.1 Å². The van der Waals surface area contributed by atoms with E-state index >= 15 is 0 Å². The Morgan fingerprint density at radius 2 is 1.41 bits per heavy atom. The smallest absolute Gasteiger partial charge is 0.326 e. The molecule has 100 valence electrons. The quantitative estimate of drug-likeness (QED) is 0.543. The molecule has 0 saturated heterocycles. The lowest BCUT2D eigenvalue weighted by atomic mass is 10.3. The molecule has 0 spiro atoms. The van der Waals surface area contributed by atoms with Crippen LogP contribution in [0.1, 0.15) is 41.5 Å². The molecule has 0 saturated carbocycles. The van der Waals surface area contributed by atoms with E-state index in [0.717, 1.165) is 12.1 Å². The number of carboxylic acids is 1. The summed E-state index contributed by atoms with van der Waals surface area (Å²) >= 11 is 0. The molecule has 0 heterocycles. The molecule has 2 nitrogen and oxygen atoms in total. The lowest BCUT2D eigenvalue weighted by molar-refractivity contribution is -0.132. The average molecular weight is 256 g/mol. The Morgan fingerprint density at radius 1 is 1.06 bits per heavy atom. The number of rotatable bonds is 7. The van der Waals surface area contributed by atoms with Gasteiger partial charge in [-0.05, 0) is 17.4 Å². The van der Waals surface area contributed by atoms with Gasteiger partial charge in [-0.2, -0.15) is 0 Å². The van der Waals surface area contributed by atoms with Crippen molar-refractivity contribution < 1.29 is 9.90 Å². The van der Waals surface area contributed by atoms with E-state index in [0.29, 0.717) is 22.6 Å². The van der Waals surface area contributed by atoms with Gasteiger partial charge in [-0.25, -0.2) is 4.79 Å². The Balaban J connectivity index is 5.38. The molecule has 17 heavy (non-hydrogen) atoms. The van der Waals surface area contributed by atoms with Gasteiger partial charge in [-0.1, -0.05) is 60.2 Å². The van der Waals surface area contributed by atoms with Gasteiger partial charge in [0, 0.05) is 5.20 Å². The normalized spacial score (nSPS) is 12.5. The van der Waals surface area contributed by atoms with Crippen LogP contribution in [0.4, 0.5) is 0 Å². The van der Waals surface area contributed by atoms with Crippen LogP contribution in [0.25, 0.3) is 0 Å². The number of carboxylic acid groups (broad SMARTS) is 1. The van der Waals surface area contributed by atoms with Gasteiger partial charge in [-0.3, -0.25) is 0 Å². The summed E-state index contributed by atoms with van der Waals surface area (Å²) in [5.74, 6) is 0.296. The maximum atomic E-state index is 11.3. The van der Waals surface area contributed by atoms with Crippen LogP contribution < -0.4 is 0 Å². The second-order valence-corrected chi connectivity index (χ2v) is 11.2. The molecule has 0 aliphatic heterocycles. The number of hydrogen-bond donors (Lipinski definition) is 1. The predicted octanol–water partition coefficient (Wildman–Crippen LogP) is 4.34. The molecule has 0 aromatic carbocycles. The van der Waals surface area contributed by atoms with Crippen molar-refractivity contribution in [2.75, 3.05) is 0 Å². The fourth-order valence-electron chi connectivity index (χ4n) is 2.82. The third-order valence-electron chi connectivity index (χ3n) is 3.51. The first-order chi connectivity index (χ1) is 7.63. The van der Waals surface area contributed by atoms with Gasteiger partial charge in [0.05, 0.1) is 8.07 Å². The number of hydrogen-bond acceptors (Lipinski definition) is 1. The maximum absolute atomic E-state index is 11.3. The molecule has 3 heteroatoms. The van der Waals surface area contributed by atoms with E-state index in [1.54, 1.807) is 0 Å². The van der Waals surface area contributed by atoms with Crippen molar-refractivity contribution in [3.63, 3.8) is 0 Å². The first-order valence-corrected chi connectivity index (χ1v) is 9.05. The molecule has 0 amide bonds. The molecular formula is C14H28O2Si. The molecule has 0 fully saturated rings. The second kappa shape index (κ2) is 6.38. The Hall–Kier alpha value is -0.573. The van der Waals surface area contributed by atoms with E-state index in [4.69, 9.17) is 0 Å². The van der Waals surface area contributed by atoms with Crippen molar-refractivity contribution >= 4 is 14.0 Å². The average Bonchev–Trinajstić information content (AvgIpc) is 2.13. The fourth-order valence-corrected chi connectivity index (χ4v) is 8.46. The predicted molar refractivity (Wildman–Crippen MR) is 76.9 cm³/mol. The minimum atomic E-state index is -1.96. The monoisotopic (exact) mass is 256 g/mol. The summed E-state index contributed by atoms with van der Waals surface area (Å²) in [6.07, 6.45) is 0. The van der Waals surface area contributed by atoms with Crippen molar-refractivity contribution in [1.29, 1.82) is 0 Å². The van der Waals surface area contributed by atoms with Crippen LogP contribution in [-0.2, 0) is 4.79 Å². The Morgan fingerprint density at radius 3 is 1.59 bits per heavy atom. The SMILES string of the molecule is C=C(C(=O)O)[Si](CC(C)C)(CC(C)C)C(C)C. The van der Waals surface area contributed by atoms with E-state index in [1.807, 2.05) is 0 Å². The third kappa shape index (κ3) is 4.30. The summed E-state index contributed by atoms with van der Waals surface area (Å²) in [4.78, 5) is 11.3. The zero-order chi connectivity index (χ0) is 13.8. The van der Waals surface area contributed by atoms with E-state index in [9.17, 15) is 9.90 Å². The largest absolute Gasteiger partial charge is 0.478 e. The van der Waals surface area contributed by atoms with Gasteiger partial charge in [0.2, 0.25) is 0 Å². The highest BCUT2D eigenvalue weighted by atomic mass is 28.3. The molecule has 0 radical (unpaired) electrons. The molecule has 0 bridgehead atoms. The lowest BCUT2D eigenvalue weighted by Crippen LogP contribution is -2.45. The number of aliphatic carboxylic acids is 1. The maximum Gasteiger partial charge on any atom is 0.326 e. The van der Waals surface area contributed by atoms with Crippen LogP contribution in [0, 0.1) is 11.8 Å². The van der Waals surface area contributed by atoms with Gasteiger partial charge in [0.25, 0.3) is 0 Å². The third-order valence-corrected chi connectivity index (χ3v) is 10.2. The molecule has 0 unspecified atom stereocenters. The van der Waals surface area contributed by atoms with Gasteiger partial charge in [0.15, 0.2) is 0 Å². The van der Waals surface area contributed by atoms with E-state index in [1.165, 1.54) is 0 Å². The summed E-state index contributed by atoms with van der Waals surface area (Å²) < 4.78 is 0. The van der Waals surface area contributed by atoms with Crippen molar-refractivity contribution in [3.05, 3.63) is 11.8 Å².